The number of ether oxygens (including phenoxy) is 11. The van der Waals surface area contributed by atoms with Crippen LogP contribution in [0.5, 0.6) is 0 Å². The Morgan fingerprint density at radius 1 is 0.468 bits per heavy atom. The van der Waals surface area contributed by atoms with Crippen LogP contribution >= 0.6 is 0 Å². The smallest absolute Gasteiger partial charge is 0.196 e. The molecule has 0 N–H and O–H groups in total. The molecule has 10 atom stereocenters. The molecule has 2 aliphatic rings. The van der Waals surface area contributed by atoms with Gasteiger partial charge < -0.3 is 85.7 Å². The summed E-state index contributed by atoms with van der Waals surface area (Å²) in [4.78, 5) is 77.1. The van der Waals surface area contributed by atoms with Gasteiger partial charge in [0.05, 0.1) is 19.3 Å². The summed E-state index contributed by atoms with van der Waals surface area (Å²) in [6.45, 7) is 9.81. The van der Waals surface area contributed by atoms with Crippen LogP contribution < -0.4 is 0 Å². The maximum absolute atomic E-state index is 11.3. The first-order valence-electron chi connectivity index (χ1n) is 11.1. The van der Waals surface area contributed by atoms with Crippen molar-refractivity contribution < 1.29 is 315 Å². The Morgan fingerprint density at radius 2 is 0.809 bits per heavy atom. The summed E-state index contributed by atoms with van der Waals surface area (Å²) in [5.41, 5.74) is 0. The van der Waals surface area contributed by atoms with Gasteiger partial charge in [0.1, 0.15) is 42.7 Å². The second-order valence-electron chi connectivity index (χ2n) is 7.99. The van der Waals surface area contributed by atoms with E-state index in [-0.39, 0.29) is 229 Å². The van der Waals surface area contributed by atoms with E-state index in [1.54, 1.807) is 13.8 Å². The molecule has 245 valence electrons. The van der Waals surface area contributed by atoms with Gasteiger partial charge >= 0.3 is 0 Å². The fourth-order valence-corrected chi connectivity index (χ4v) is 4.00. The second kappa shape index (κ2) is 36.8. The van der Waals surface area contributed by atoms with Crippen LogP contribution in [0.2, 0.25) is 0 Å². The van der Waals surface area contributed by atoms with Gasteiger partial charge in [-0.2, -0.15) is 0 Å². The van der Waals surface area contributed by atoms with E-state index >= 15 is 0 Å². The van der Waals surface area contributed by atoms with Crippen LogP contribution in [-0.2, 0) is 315 Å². The Morgan fingerprint density at radius 3 is 1.21 bits per heavy atom. The molecule has 0 spiro atoms. The van der Waals surface area contributed by atoms with E-state index in [0.29, 0.717) is 0 Å². The molecule has 7 radical (unpaired) electrons. The monoisotopic (exact) mass is 1200 g/mol. The summed E-state index contributed by atoms with van der Waals surface area (Å²) in [5.74, 6) is 0. The van der Waals surface area contributed by atoms with E-state index in [2.05, 4.69) is 9.47 Å². The number of hydrogen-bond donors (Lipinski definition) is 0. The third kappa shape index (κ3) is 20.4. The Bertz CT molecular complexity index is 865. The van der Waals surface area contributed by atoms with Crippen LogP contribution in [0.1, 0.15) is 13.8 Å². The van der Waals surface area contributed by atoms with Crippen molar-refractivity contribution in [1.82, 2.24) is 0 Å². The normalized spacial score (nSPS) is 28.4. The molecule has 47 heavy (non-hydrogen) atoms. The average Bonchev–Trinajstić information content (AvgIpc) is 2.92. The molecule has 18 nitrogen and oxygen atoms in total. The van der Waals surface area contributed by atoms with Crippen LogP contribution in [0.25, 0.3) is 0 Å². The van der Waals surface area contributed by atoms with Crippen molar-refractivity contribution in [3.8, 4) is 0 Å². The van der Waals surface area contributed by atoms with E-state index in [9.17, 15) is 33.6 Å². The van der Waals surface area contributed by atoms with Crippen molar-refractivity contribution in [3.05, 3.63) is 0 Å². The summed E-state index contributed by atoms with van der Waals surface area (Å²) < 4.78 is 56.3. The van der Waals surface area contributed by atoms with Gasteiger partial charge in [0.2, 0.25) is 0 Å². The first-order chi connectivity index (χ1) is 19.4. The Labute approximate surface area is 445 Å². The predicted octanol–water partition coefficient (Wildman–Crippen LogP) is -3.34. The zero-order valence-electron chi connectivity index (χ0n) is 24.7. The van der Waals surface area contributed by atoms with Crippen LogP contribution in [-0.4, -0.2) is 126 Å². The molecule has 0 aromatic heterocycles. The molecule has 2 rings (SSSR count). The number of hydrogen-bond acceptors (Lipinski definition) is 18. The van der Waals surface area contributed by atoms with Crippen molar-refractivity contribution in [3.63, 3.8) is 0 Å². The van der Waals surface area contributed by atoms with Crippen LogP contribution in [0, 0.1) is 0 Å². The molecular weight excluding hydrogens is 1170 g/mol. The molecule has 2 heterocycles. The number of rotatable bonds is 20. The van der Waals surface area contributed by atoms with Crippen molar-refractivity contribution in [2.45, 2.75) is 81.4 Å². The topological polar surface area (TPSA) is 221 Å². The van der Waals surface area contributed by atoms with Gasteiger partial charge in [-0.25, -0.2) is 0 Å². The maximum Gasteiger partial charge on any atom is 0.196 e. The molecule has 0 aliphatic carbocycles. The van der Waals surface area contributed by atoms with Crippen molar-refractivity contribution >= 4 is 45.3 Å². The summed E-state index contributed by atoms with van der Waals surface area (Å²) >= 11 is 0. The fraction of sp³-hybridized carbons (Fsp3) is 0.682. The second-order valence-corrected chi connectivity index (χ2v) is 7.99. The third-order valence-corrected chi connectivity index (χ3v) is 5.41. The minimum Gasteiger partial charge on any atom is -0.651 e. The van der Waals surface area contributed by atoms with Gasteiger partial charge in [-0.3, -0.25) is 0 Å². The van der Waals surface area contributed by atoms with E-state index in [0.717, 1.165) is 32.4 Å². The quantitative estimate of drug-likeness (QED) is 0.0859. The summed E-state index contributed by atoms with van der Waals surface area (Å²) in [6.07, 6.45) is -16.5. The standard InChI is InChI=1S/C22H21O18.7Y/c1-12(2)37-21-20(36-11-29)18(34-9-27)16(14(39-21)4-31-6-24)40-22-19(35-10-28)17(33-8-26)15(32-7-25)13(38-22)3-30-5-23;;;;;;;/h12-22H,3-4H2,1-2H3;;;;;;;/q-7;;;;;;;/t13-,14-,15+,16-,17+,18+,19-,20-,21?,22+;;;;;;;/m1......./s1. The minimum absolute atomic E-state index is 0. The molecule has 0 bridgehead atoms. The zero-order valence-corrected chi connectivity index (χ0v) is 44.5. The van der Waals surface area contributed by atoms with Crippen molar-refractivity contribution in [2.24, 2.45) is 0 Å². The summed E-state index contributed by atoms with van der Waals surface area (Å²) in [6, 6.07) is 0. The summed E-state index contributed by atoms with van der Waals surface area (Å²) in [5, 5.41) is 0. The van der Waals surface area contributed by atoms with Crippen molar-refractivity contribution in [1.29, 1.82) is 0 Å². The SMILES string of the molecule is CC(C)OC1O[C@H](CO[C-]=O)[C@@H](O[C@@H]2O[C@H](CO[C-]=O)[C@H](O[C-]=O)[C@H](O[C-]=O)[C@H]2O[C-]=O)[C@H](O[C-]=O)[C@H]1O[C-]=O.[Y].[Y].[Y].[Y].[Y].[Y].[Y]. The molecule has 2 aliphatic heterocycles. The molecule has 0 aromatic carbocycles. The first-order valence-corrected chi connectivity index (χ1v) is 11.1. The van der Waals surface area contributed by atoms with Gasteiger partial charge in [-0.05, 0) is 13.8 Å². The molecule has 0 aromatic rings. The number of carbonyl (C=O) groups excluding carboxylic acids is 7. The Kier molecular flexibility index (Phi) is 49.2. The molecule has 0 saturated carbocycles. The Hall–Kier alpha value is 3.86. The van der Waals surface area contributed by atoms with Gasteiger partial charge in [-0.1, -0.05) is 45.3 Å². The van der Waals surface area contributed by atoms with E-state index in [1.165, 1.54) is 12.9 Å². The van der Waals surface area contributed by atoms with E-state index in [1.807, 2.05) is 0 Å². The minimum atomic E-state index is -1.84. The van der Waals surface area contributed by atoms with Crippen LogP contribution in [0.15, 0.2) is 0 Å². The van der Waals surface area contributed by atoms with E-state index in [4.69, 9.17) is 42.6 Å². The van der Waals surface area contributed by atoms with Crippen molar-refractivity contribution in [2.75, 3.05) is 13.2 Å². The maximum atomic E-state index is 11.3. The molecule has 2 saturated heterocycles. The van der Waals surface area contributed by atoms with Gasteiger partial charge in [0, 0.05) is 229 Å². The van der Waals surface area contributed by atoms with Crippen LogP contribution in [0.4, 0.5) is 0 Å². The first kappa shape index (κ1) is 62.8. The Balaban J connectivity index is -0.000000600. The van der Waals surface area contributed by atoms with Crippen LogP contribution in [0.3, 0.4) is 0 Å². The van der Waals surface area contributed by atoms with Gasteiger partial charge in [0.15, 0.2) is 18.7 Å². The van der Waals surface area contributed by atoms with Gasteiger partial charge in [-0.15, -0.1) is 0 Å². The average molecular weight is 1200 g/mol. The van der Waals surface area contributed by atoms with E-state index < -0.39 is 80.7 Å². The fourth-order valence-electron chi connectivity index (χ4n) is 4.00. The molecule has 25 heteroatoms. The molecular formula is C22H21O18Y7-7. The molecule has 1 unspecified atom stereocenters. The molecule has 2 fully saturated rings. The predicted molar refractivity (Wildman–Crippen MR) is 115 cm³/mol. The summed E-state index contributed by atoms with van der Waals surface area (Å²) in [7, 11) is 0. The zero-order chi connectivity index (χ0) is 29.5. The third-order valence-electron chi connectivity index (χ3n) is 5.41. The largest absolute Gasteiger partial charge is 0.651 e. The van der Waals surface area contributed by atoms with Gasteiger partial charge in [0.25, 0.3) is 0 Å². The molecule has 0 amide bonds.